The Morgan fingerprint density at radius 1 is 1.03 bits per heavy atom. The largest absolute Gasteiger partial charge is 0.478 e. The molecule has 4 aromatic rings. The molecule has 2 N–H and O–H groups in total. The van der Waals surface area contributed by atoms with Gasteiger partial charge in [0.15, 0.2) is 5.13 Å². The molecular formula is C26H23Cl2N3O4S2. The van der Waals surface area contributed by atoms with Crippen molar-refractivity contribution in [1.82, 2.24) is 4.98 Å². The summed E-state index contributed by atoms with van der Waals surface area (Å²) in [6, 6.07) is 18.1. The molecule has 3 aromatic carbocycles. The first-order valence-electron chi connectivity index (χ1n) is 11.2. The summed E-state index contributed by atoms with van der Waals surface area (Å²) in [7, 11) is -3.83. The molecule has 37 heavy (non-hydrogen) atoms. The van der Waals surface area contributed by atoms with Crippen LogP contribution in [0, 0.1) is 0 Å². The molecule has 0 fully saturated rings. The lowest BCUT2D eigenvalue weighted by molar-refractivity contribution is 0.0697. The number of benzene rings is 3. The number of anilines is 2. The topological polar surface area (TPSA) is 99.6 Å². The van der Waals surface area contributed by atoms with Gasteiger partial charge >= 0.3 is 5.97 Å². The number of nitrogens with one attached hydrogen (secondary N) is 1. The van der Waals surface area contributed by atoms with Crippen molar-refractivity contribution in [3.8, 4) is 11.3 Å². The number of carboxylic acid groups (broad SMARTS) is 1. The van der Waals surface area contributed by atoms with E-state index < -0.39 is 16.0 Å². The highest BCUT2D eigenvalue weighted by Gasteiger charge is 2.18. The van der Waals surface area contributed by atoms with Crippen LogP contribution in [0.15, 0.2) is 77.0 Å². The smallest absolute Gasteiger partial charge is 0.335 e. The van der Waals surface area contributed by atoms with Gasteiger partial charge in [-0.05, 0) is 61.9 Å². The van der Waals surface area contributed by atoms with Crippen LogP contribution < -0.4 is 9.62 Å². The third-order valence-corrected chi connectivity index (χ3v) is 8.54. The van der Waals surface area contributed by atoms with Crippen molar-refractivity contribution in [3.05, 3.63) is 93.3 Å². The minimum absolute atomic E-state index is 0.0153. The molecule has 0 spiro atoms. The minimum atomic E-state index is -3.83. The van der Waals surface area contributed by atoms with Crippen molar-refractivity contribution in [2.24, 2.45) is 0 Å². The maximum Gasteiger partial charge on any atom is 0.335 e. The van der Waals surface area contributed by atoms with Crippen LogP contribution >= 0.6 is 34.5 Å². The summed E-state index contributed by atoms with van der Waals surface area (Å²) in [6.45, 7) is 4.73. The van der Waals surface area contributed by atoms with Crippen LogP contribution in [0.3, 0.4) is 0 Å². The van der Waals surface area contributed by atoms with E-state index in [2.05, 4.69) is 23.5 Å². The number of carbonyl (C=O) groups is 1. The molecule has 0 radical (unpaired) electrons. The Labute approximate surface area is 229 Å². The van der Waals surface area contributed by atoms with Crippen molar-refractivity contribution in [3.63, 3.8) is 0 Å². The summed E-state index contributed by atoms with van der Waals surface area (Å²) in [5.41, 5.74) is 3.24. The number of nitrogens with zero attached hydrogens (tertiary/aromatic N) is 2. The summed E-state index contributed by atoms with van der Waals surface area (Å²) in [5.74, 6) is -0.954. The first-order valence-corrected chi connectivity index (χ1v) is 14.3. The second-order valence-corrected chi connectivity index (χ2v) is 11.8. The molecule has 4 rings (SSSR count). The number of hydrogen-bond acceptors (Lipinski definition) is 6. The van der Waals surface area contributed by atoms with Gasteiger partial charge in [-0.2, -0.15) is 0 Å². The summed E-state index contributed by atoms with van der Waals surface area (Å²) >= 11 is 13.4. The van der Waals surface area contributed by atoms with E-state index in [4.69, 9.17) is 33.3 Å². The van der Waals surface area contributed by atoms with Gasteiger partial charge < -0.3 is 10.0 Å². The van der Waals surface area contributed by atoms with Gasteiger partial charge in [0.25, 0.3) is 10.0 Å². The van der Waals surface area contributed by atoms with Crippen LogP contribution in [-0.2, 0) is 16.6 Å². The van der Waals surface area contributed by atoms with Crippen molar-refractivity contribution < 1.29 is 18.3 Å². The van der Waals surface area contributed by atoms with E-state index in [0.29, 0.717) is 12.2 Å². The number of aromatic nitrogens is 1. The van der Waals surface area contributed by atoms with Crippen molar-refractivity contribution in [1.29, 1.82) is 0 Å². The van der Waals surface area contributed by atoms with Gasteiger partial charge in [-0.25, -0.2) is 18.2 Å². The van der Waals surface area contributed by atoms with Gasteiger partial charge in [0.2, 0.25) is 0 Å². The lowest BCUT2D eigenvalue weighted by Gasteiger charge is -2.26. The fourth-order valence-corrected chi connectivity index (χ4v) is 5.93. The maximum absolute atomic E-state index is 12.7. The van der Waals surface area contributed by atoms with Crippen molar-refractivity contribution in [2.75, 3.05) is 9.62 Å². The second-order valence-electron chi connectivity index (χ2n) is 8.50. The molecule has 0 amide bonds. The Kier molecular flexibility index (Phi) is 8.08. The molecule has 0 aliphatic rings. The zero-order valence-electron chi connectivity index (χ0n) is 19.9. The highest BCUT2D eigenvalue weighted by atomic mass is 35.5. The Morgan fingerprint density at radius 2 is 1.70 bits per heavy atom. The zero-order chi connectivity index (χ0) is 26.7. The van der Waals surface area contributed by atoms with Crippen LogP contribution in [0.5, 0.6) is 0 Å². The standard InChI is InChI=1S/C26H23Cl2N3O4S2/c1-16(2)31(14-17-3-5-19(6-4-17)25(32)33)26-29-24(15-36-26)18-7-9-20(10-8-18)30-37(34,35)21-11-12-22(27)23(28)13-21/h3-13,15-16,30H,14H2,1-2H3,(H,32,33). The summed E-state index contributed by atoms with van der Waals surface area (Å²) < 4.78 is 28.0. The first kappa shape index (κ1) is 26.9. The van der Waals surface area contributed by atoms with E-state index in [9.17, 15) is 13.2 Å². The molecule has 7 nitrogen and oxygen atoms in total. The van der Waals surface area contributed by atoms with Crippen LogP contribution in [-0.4, -0.2) is 30.5 Å². The third-order valence-electron chi connectivity index (χ3n) is 5.55. The Morgan fingerprint density at radius 3 is 2.30 bits per heavy atom. The average Bonchev–Trinajstić information content (AvgIpc) is 3.34. The molecule has 0 atom stereocenters. The number of rotatable bonds is 9. The van der Waals surface area contributed by atoms with E-state index in [1.807, 2.05) is 17.5 Å². The van der Waals surface area contributed by atoms with Crippen LogP contribution in [0.2, 0.25) is 10.0 Å². The lowest BCUT2D eigenvalue weighted by atomic mass is 10.1. The fourth-order valence-electron chi connectivity index (χ4n) is 3.52. The molecule has 0 saturated carbocycles. The molecule has 0 saturated heterocycles. The Bertz CT molecular complexity index is 1520. The van der Waals surface area contributed by atoms with E-state index in [-0.39, 0.29) is 26.5 Å². The summed E-state index contributed by atoms with van der Waals surface area (Å²) in [5, 5.41) is 12.3. The molecule has 1 aromatic heterocycles. The summed E-state index contributed by atoms with van der Waals surface area (Å²) in [4.78, 5) is 18.1. The van der Waals surface area contributed by atoms with Gasteiger partial charge in [0, 0.05) is 29.2 Å². The maximum atomic E-state index is 12.7. The first-order chi connectivity index (χ1) is 17.5. The molecule has 11 heteroatoms. The van der Waals surface area contributed by atoms with E-state index in [1.165, 1.54) is 29.5 Å². The number of sulfonamides is 1. The van der Waals surface area contributed by atoms with Gasteiger partial charge in [-0.15, -0.1) is 11.3 Å². The molecule has 192 valence electrons. The number of hydrogen-bond donors (Lipinski definition) is 2. The van der Waals surface area contributed by atoms with Gasteiger partial charge in [-0.1, -0.05) is 47.5 Å². The van der Waals surface area contributed by atoms with E-state index in [1.54, 1.807) is 36.4 Å². The van der Waals surface area contributed by atoms with Gasteiger partial charge in [-0.3, -0.25) is 4.72 Å². The quantitative estimate of drug-likeness (QED) is 0.222. The monoisotopic (exact) mass is 575 g/mol. The van der Waals surface area contributed by atoms with Gasteiger partial charge in [0.05, 0.1) is 26.2 Å². The SMILES string of the molecule is CC(C)N(Cc1ccc(C(=O)O)cc1)c1nc(-c2ccc(NS(=O)(=O)c3ccc(Cl)c(Cl)c3)cc2)cs1. The van der Waals surface area contributed by atoms with Gasteiger partial charge in [0.1, 0.15) is 0 Å². The van der Waals surface area contributed by atoms with E-state index in [0.717, 1.165) is 22.0 Å². The summed E-state index contributed by atoms with van der Waals surface area (Å²) in [6.07, 6.45) is 0. The van der Waals surface area contributed by atoms with Crippen LogP contribution in [0.1, 0.15) is 29.8 Å². The molecule has 0 bridgehead atoms. The van der Waals surface area contributed by atoms with Crippen molar-refractivity contribution >= 4 is 61.4 Å². The normalized spacial score (nSPS) is 11.5. The van der Waals surface area contributed by atoms with Crippen LogP contribution in [0.25, 0.3) is 11.3 Å². The third kappa shape index (κ3) is 6.42. The number of aromatic carboxylic acids is 1. The predicted molar refractivity (Wildman–Crippen MR) is 150 cm³/mol. The molecule has 0 aliphatic carbocycles. The average molecular weight is 577 g/mol. The highest BCUT2D eigenvalue weighted by molar-refractivity contribution is 7.92. The van der Waals surface area contributed by atoms with E-state index >= 15 is 0 Å². The fraction of sp³-hybridized carbons (Fsp3) is 0.154. The highest BCUT2D eigenvalue weighted by Crippen LogP contribution is 2.31. The van der Waals surface area contributed by atoms with Crippen molar-refractivity contribution in [2.45, 2.75) is 31.3 Å². The number of halogens is 2. The zero-order valence-corrected chi connectivity index (χ0v) is 23.0. The predicted octanol–water partition coefficient (Wildman–Crippen LogP) is 7.03. The Balaban J connectivity index is 1.49. The number of thiazole rings is 1. The second kappa shape index (κ2) is 11.1. The Hall–Kier alpha value is -3.11. The molecule has 0 aliphatic heterocycles. The number of carboxylic acids is 1. The molecule has 1 heterocycles. The molecule has 0 unspecified atom stereocenters. The lowest BCUT2D eigenvalue weighted by Crippen LogP contribution is -2.30. The molecular weight excluding hydrogens is 553 g/mol. The van der Waals surface area contributed by atoms with Crippen LogP contribution in [0.4, 0.5) is 10.8 Å². The minimum Gasteiger partial charge on any atom is -0.478 e.